The zero-order valence-electron chi connectivity index (χ0n) is 17.7. The van der Waals surface area contributed by atoms with Crippen molar-refractivity contribution >= 4 is 23.8 Å². The lowest BCUT2D eigenvalue weighted by molar-refractivity contribution is -0.139. The van der Waals surface area contributed by atoms with Gasteiger partial charge in [-0.3, -0.25) is 0 Å². The molecule has 5 N–H and O–H groups in total. The van der Waals surface area contributed by atoms with E-state index in [1.165, 1.54) is 11.1 Å². The van der Waals surface area contributed by atoms with Crippen LogP contribution in [0.3, 0.4) is 0 Å². The van der Waals surface area contributed by atoms with Crippen LogP contribution in [-0.4, -0.2) is 29.2 Å². The van der Waals surface area contributed by atoms with Crippen LogP contribution in [0.5, 0.6) is 0 Å². The van der Waals surface area contributed by atoms with Crippen LogP contribution in [0.15, 0.2) is 66.7 Å². The number of carboxylic acid groups (broad SMARTS) is 1. The number of carboxylic acids is 1. The van der Waals surface area contributed by atoms with Crippen LogP contribution in [-0.2, 0) is 29.0 Å². The van der Waals surface area contributed by atoms with E-state index in [9.17, 15) is 19.5 Å². The Morgan fingerprint density at radius 2 is 1.70 bits per heavy atom. The van der Waals surface area contributed by atoms with Gasteiger partial charge < -0.3 is 26.2 Å². The van der Waals surface area contributed by atoms with Gasteiger partial charge in [0.1, 0.15) is 12.6 Å². The topological polar surface area (TPSA) is 131 Å². The molecule has 0 radical (unpaired) electrons. The Balaban J connectivity index is 1.37. The summed E-state index contributed by atoms with van der Waals surface area (Å²) in [5.74, 6) is -1.18. The normalized spacial score (nSPS) is 12.2. The first-order chi connectivity index (χ1) is 15.9. The molecule has 3 aromatic carbocycles. The molecule has 8 nitrogen and oxygen atoms in total. The predicted molar refractivity (Wildman–Crippen MR) is 123 cm³/mol. The number of nitrogens with one attached hydrogen (secondary N) is 2. The van der Waals surface area contributed by atoms with Crippen molar-refractivity contribution in [3.63, 3.8) is 0 Å². The Morgan fingerprint density at radius 3 is 2.42 bits per heavy atom. The van der Waals surface area contributed by atoms with Gasteiger partial charge in [-0.05, 0) is 51.9 Å². The second-order valence-electron chi connectivity index (χ2n) is 7.78. The van der Waals surface area contributed by atoms with Crippen LogP contribution < -0.4 is 16.4 Å². The van der Waals surface area contributed by atoms with Crippen molar-refractivity contribution in [2.45, 2.75) is 25.5 Å². The van der Waals surface area contributed by atoms with Gasteiger partial charge >= 0.3 is 18.1 Å². The van der Waals surface area contributed by atoms with Gasteiger partial charge in [-0.25, -0.2) is 14.4 Å². The molecule has 1 atom stereocenters. The molecule has 168 valence electrons. The maximum absolute atomic E-state index is 12.4. The van der Waals surface area contributed by atoms with Crippen LogP contribution in [0.4, 0.5) is 15.3 Å². The summed E-state index contributed by atoms with van der Waals surface area (Å²) in [7, 11) is 0. The lowest BCUT2D eigenvalue weighted by Crippen LogP contribution is -2.42. The Bertz CT molecular complexity index is 1210. The Kier molecular flexibility index (Phi) is 6.26. The number of nitrogens with two attached hydrogens (primary N) is 1. The monoisotopic (exact) mass is 445 g/mol. The number of carbonyl (C=O) groups excluding carboxylic acids is 2. The van der Waals surface area contributed by atoms with Crippen LogP contribution in [0.2, 0.25) is 0 Å². The molecular formula is C25H23N3O5. The Morgan fingerprint density at radius 1 is 0.970 bits per heavy atom. The molecule has 33 heavy (non-hydrogen) atoms. The van der Waals surface area contributed by atoms with Crippen LogP contribution >= 0.6 is 0 Å². The van der Waals surface area contributed by atoms with Gasteiger partial charge in [0.15, 0.2) is 0 Å². The highest BCUT2D eigenvalue weighted by Gasteiger charge is 2.23. The van der Waals surface area contributed by atoms with Gasteiger partial charge in [0.2, 0.25) is 0 Å². The van der Waals surface area contributed by atoms with Crippen molar-refractivity contribution in [1.82, 2.24) is 5.32 Å². The zero-order valence-corrected chi connectivity index (χ0v) is 17.7. The fraction of sp³-hybridized carbons (Fsp3) is 0.160. The molecule has 0 saturated carbocycles. The highest BCUT2D eigenvalue weighted by molar-refractivity contribution is 5.87. The molecule has 0 aliphatic heterocycles. The molecule has 8 heteroatoms. The summed E-state index contributed by atoms with van der Waals surface area (Å²) in [6, 6.07) is 18.7. The number of amides is 3. The van der Waals surface area contributed by atoms with Crippen molar-refractivity contribution in [1.29, 1.82) is 0 Å². The van der Waals surface area contributed by atoms with Crippen molar-refractivity contribution in [3.05, 3.63) is 89.0 Å². The third-order valence-electron chi connectivity index (χ3n) is 5.56. The van der Waals surface area contributed by atoms with Crippen molar-refractivity contribution < 1.29 is 24.2 Å². The van der Waals surface area contributed by atoms with Crippen LogP contribution in [0.1, 0.15) is 22.3 Å². The molecule has 0 saturated heterocycles. The smallest absolute Gasteiger partial charge is 0.408 e. The van der Waals surface area contributed by atoms with E-state index in [4.69, 9.17) is 10.5 Å². The molecule has 0 fully saturated rings. The number of carbonyl (C=O) groups is 3. The third-order valence-corrected chi connectivity index (χ3v) is 5.56. The Hall–Kier alpha value is -4.33. The molecule has 1 unspecified atom stereocenters. The molecule has 1 aliphatic rings. The van der Waals surface area contributed by atoms with Gasteiger partial charge in [0.05, 0.1) is 0 Å². The SMILES string of the molecule is NC(=O)Nc1ccc(CC(NC(=O)OCc2cccc3c2Cc2ccccc2-3)C(=O)O)cc1. The molecule has 0 bridgehead atoms. The van der Waals surface area contributed by atoms with Gasteiger partial charge in [0, 0.05) is 12.1 Å². The van der Waals surface area contributed by atoms with Crippen molar-refractivity contribution in [3.8, 4) is 11.1 Å². The molecule has 4 rings (SSSR count). The summed E-state index contributed by atoms with van der Waals surface area (Å²) >= 11 is 0. The third kappa shape index (κ3) is 5.12. The molecule has 0 heterocycles. The lowest BCUT2D eigenvalue weighted by atomic mass is 10.0. The van der Waals surface area contributed by atoms with Crippen molar-refractivity contribution in [2.75, 3.05) is 5.32 Å². The van der Waals surface area contributed by atoms with Gasteiger partial charge in [-0.1, -0.05) is 54.6 Å². The van der Waals surface area contributed by atoms with E-state index in [0.29, 0.717) is 11.3 Å². The number of ether oxygens (including phenoxy) is 1. The second kappa shape index (κ2) is 9.44. The zero-order chi connectivity index (χ0) is 23.4. The number of hydrogen-bond donors (Lipinski definition) is 4. The van der Waals surface area contributed by atoms with Crippen LogP contribution in [0, 0.1) is 0 Å². The highest BCUT2D eigenvalue weighted by Crippen LogP contribution is 2.38. The Labute approximate surface area is 190 Å². The first-order valence-electron chi connectivity index (χ1n) is 10.4. The van der Waals surface area contributed by atoms with E-state index >= 15 is 0 Å². The maximum Gasteiger partial charge on any atom is 0.408 e. The second-order valence-corrected chi connectivity index (χ2v) is 7.78. The first kappa shape index (κ1) is 21.9. The highest BCUT2D eigenvalue weighted by atomic mass is 16.5. The summed E-state index contributed by atoms with van der Waals surface area (Å²) in [6.45, 7) is 0.0445. The largest absolute Gasteiger partial charge is 0.480 e. The fourth-order valence-corrected chi connectivity index (χ4v) is 3.99. The van der Waals surface area contributed by atoms with Crippen molar-refractivity contribution in [2.24, 2.45) is 5.73 Å². The molecule has 0 aromatic heterocycles. The van der Waals surface area contributed by atoms with E-state index in [-0.39, 0.29) is 13.0 Å². The number of alkyl carbamates (subject to hydrolysis) is 1. The van der Waals surface area contributed by atoms with Gasteiger partial charge in [-0.2, -0.15) is 0 Å². The minimum absolute atomic E-state index is 0.0445. The van der Waals surface area contributed by atoms with Gasteiger partial charge in [-0.15, -0.1) is 0 Å². The van der Waals surface area contributed by atoms with Crippen LogP contribution in [0.25, 0.3) is 11.1 Å². The van der Waals surface area contributed by atoms with E-state index in [1.54, 1.807) is 24.3 Å². The summed E-state index contributed by atoms with van der Waals surface area (Å²) < 4.78 is 5.36. The molecule has 3 amide bonds. The average Bonchev–Trinajstić information content (AvgIpc) is 3.17. The number of fused-ring (bicyclic) bond motifs is 3. The minimum atomic E-state index is -1.18. The standard InChI is InChI=1S/C25H23N3O5/c26-24(31)27-18-10-8-15(9-11-18)12-22(23(29)30)28-25(32)33-14-17-5-3-7-20-19-6-2-1-4-16(19)13-21(17)20/h1-11,22H,12-14H2,(H,28,32)(H,29,30)(H3,26,27,31). The number of aliphatic carboxylic acids is 1. The summed E-state index contributed by atoms with van der Waals surface area (Å²) in [6.07, 6.45) is 0.0186. The maximum atomic E-state index is 12.4. The quantitative estimate of drug-likeness (QED) is 0.345. The summed E-state index contributed by atoms with van der Waals surface area (Å²) in [5.41, 5.74) is 11.8. The number of benzene rings is 3. The van der Waals surface area contributed by atoms with E-state index in [2.05, 4.69) is 28.8 Å². The van der Waals surface area contributed by atoms with Gasteiger partial charge in [0.25, 0.3) is 0 Å². The lowest BCUT2D eigenvalue weighted by Gasteiger charge is -2.16. The van der Waals surface area contributed by atoms with E-state index in [0.717, 1.165) is 23.1 Å². The van der Waals surface area contributed by atoms with E-state index < -0.39 is 24.1 Å². The molecule has 0 spiro atoms. The predicted octanol–water partition coefficient (Wildman–Crippen LogP) is 3.67. The number of urea groups is 1. The number of hydrogen-bond acceptors (Lipinski definition) is 4. The molecular weight excluding hydrogens is 422 g/mol. The molecule has 3 aromatic rings. The minimum Gasteiger partial charge on any atom is -0.480 e. The summed E-state index contributed by atoms with van der Waals surface area (Å²) in [4.78, 5) is 34.9. The number of rotatable bonds is 7. The fourth-order valence-electron chi connectivity index (χ4n) is 3.99. The average molecular weight is 445 g/mol. The number of primary amides is 1. The summed E-state index contributed by atoms with van der Waals surface area (Å²) in [5, 5.41) is 14.4. The number of anilines is 1. The molecule has 1 aliphatic carbocycles. The van der Waals surface area contributed by atoms with E-state index in [1.807, 2.05) is 24.3 Å². The first-order valence-corrected chi connectivity index (χ1v) is 10.4.